The first kappa shape index (κ1) is 20.7. The Morgan fingerprint density at radius 2 is 1.69 bits per heavy atom. The van der Waals surface area contributed by atoms with Gasteiger partial charge in [-0.05, 0) is 23.3 Å². The quantitative estimate of drug-likeness (QED) is 0.428. The minimum absolute atomic E-state index is 0.763. The lowest BCUT2D eigenvalue weighted by Crippen LogP contribution is -2.46. The minimum Gasteiger partial charge on any atom is -0.493 e. The smallest absolute Gasteiger partial charge is 0.161 e. The molecule has 0 radical (unpaired) electrons. The van der Waals surface area contributed by atoms with E-state index >= 15 is 0 Å². The highest BCUT2D eigenvalue weighted by Gasteiger charge is 2.22. The fourth-order valence-electron chi connectivity index (χ4n) is 4.28. The van der Waals surface area contributed by atoms with E-state index in [2.05, 4.69) is 56.6 Å². The number of thiophene rings is 1. The van der Waals surface area contributed by atoms with Gasteiger partial charge in [0.05, 0.1) is 19.6 Å². The van der Waals surface area contributed by atoms with Gasteiger partial charge in [-0.1, -0.05) is 36.4 Å². The van der Waals surface area contributed by atoms with E-state index in [1.807, 2.05) is 12.1 Å². The number of methoxy groups -OCH3 is 2. The lowest BCUT2D eigenvalue weighted by Gasteiger charge is -2.35. The molecule has 1 fully saturated rings. The second-order valence-corrected chi connectivity index (χ2v) is 8.70. The maximum absolute atomic E-state index is 5.46. The number of ether oxygens (including phenoxy) is 2. The summed E-state index contributed by atoms with van der Waals surface area (Å²) in [6, 6.07) is 16.7. The number of hydrogen-bond acceptors (Lipinski definition) is 7. The number of benzene rings is 2. The maximum atomic E-state index is 5.46. The number of rotatable bonds is 6. The van der Waals surface area contributed by atoms with Crippen LogP contribution in [0, 0.1) is 0 Å². The molecule has 7 heteroatoms. The van der Waals surface area contributed by atoms with Crippen molar-refractivity contribution >= 4 is 27.4 Å². The van der Waals surface area contributed by atoms with Crippen LogP contribution < -0.4 is 14.4 Å². The van der Waals surface area contributed by atoms with E-state index in [9.17, 15) is 0 Å². The molecule has 1 aliphatic heterocycles. The molecule has 3 heterocycles. The summed E-state index contributed by atoms with van der Waals surface area (Å²) < 4.78 is 10.8. The van der Waals surface area contributed by atoms with Crippen LogP contribution in [-0.2, 0) is 6.54 Å². The van der Waals surface area contributed by atoms with Crippen LogP contribution in [0.25, 0.3) is 21.3 Å². The molecule has 0 atom stereocenters. The van der Waals surface area contributed by atoms with Crippen molar-refractivity contribution in [2.75, 3.05) is 45.3 Å². The van der Waals surface area contributed by atoms with Crippen LogP contribution in [0.2, 0.25) is 0 Å². The first-order chi connectivity index (χ1) is 15.8. The Hall–Kier alpha value is -3.16. The van der Waals surface area contributed by atoms with E-state index in [-0.39, 0.29) is 0 Å². The minimum atomic E-state index is 0.763. The molecule has 0 unspecified atom stereocenters. The molecule has 0 spiro atoms. The molecule has 1 saturated heterocycles. The largest absolute Gasteiger partial charge is 0.493 e. The molecule has 6 nitrogen and oxygen atoms in total. The van der Waals surface area contributed by atoms with Gasteiger partial charge in [-0.3, -0.25) is 4.90 Å². The van der Waals surface area contributed by atoms with E-state index in [1.54, 1.807) is 31.9 Å². The number of anilines is 1. The summed E-state index contributed by atoms with van der Waals surface area (Å²) in [7, 11) is 3.34. The van der Waals surface area contributed by atoms with Crippen LogP contribution in [0.5, 0.6) is 11.5 Å². The van der Waals surface area contributed by atoms with Crippen molar-refractivity contribution in [3.05, 3.63) is 65.8 Å². The first-order valence-corrected chi connectivity index (χ1v) is 11.6. The van der Waals surface area contributed by atoms with Crippen molar-refractivity contribution in [3.63, 3.8) is 0 Å². The molecule has 32 heavy (non-hydrogen) atoms. The van der Waals surface area contributed by atoms with E-state index < -0.39 is 0 Å². The Labute approximate surface area is 192 Å². The van der Waals surface area contributed by atoms with Crippen LogP contribution in [-0.4, -0.2) is 55.3 Å². The third kappa shape index (κ3) is 4.01. The van der Waals surface area contributed by atoms with Crippen molar-refractivity contribution in [3.8, 4) is 22.6 Å². The van der Waals surface area contributed by atoms with Gasteiger partial charge in [-0.2, -0.15) is 0 Å². The van der Waals surface area contributed by atoms with Crippen LogP contribution in [0.1, 0.15) is 5.56 Å². The van der Waals surface area contributed by atoms with E-state index in [1.165, 1.54) is 16.7 Å². The highest BCUT2D eigenvalue weighted by atomic mass is 32.1. The number of piperazine rings is 1. The first-order valence-electron chi connectivity index (χ1n) is 10.7. The highest BCUT2D eigenvalue weighted by molar-refractivity contribution is 7.17. The lowest BCUT2D eigenvalue weighted by atomic mass is 10.1. The van der Waals surface area contributed by atoms with Crippen molar-refractivity contribution in [2.45, 2.75) is 6.54 Å². The molecule has 5 rings (SSSR count). The van der Waals surface area contributed by atoms with Crippen molar-refractivity contribution in [1.82, 2.24) is 14.9 Å². The van der Waals surface area contributed by atoms with Gasteiger partial charge in [0.15, 0.2) is 11.5 Å². The molecule has 0 saturated carbocycles. The molecule has 1 aliphatic rings. The SMILES string of the molecule is COc1ccc(CN2CCN(c3ncnc4scc(-c5ccccc5)c34)CC2)cc1OC. The number of aromatic nitrogens is 2. The molecule has 0 N–H and O–H groups in total. The number of nitrogens with zero attached hydrogens (tertiary/aromatic N) is 4. The maximum Gasteiger partial charge on any atom is 0.161 e. The molecule has 0 aliphatic carbocycles. The normalized spacial score (nSPS) is 14.6. The van der Waals surface area contributed by atoms with Gasteiger partial charge in [-0.15, -0.1) is 11.3 Å². The van der Waals surface area contributed by atoms with Crippen LogP contribution in [0.15, 0.2) is 60.2 Å². The Kier molecular flexibility index (Phi) is 5.92. The topological polar surface area (TPSA) is 50.7 Å². The zero-order valence-corrected chi connectivity index (χ0v) is 19.1. The monoisotopic (exact) mass is 446 g/mol. The molecule has 0 bridgehead atoms. The Balaban J connectivity index is 1.33. The Bertz CT molecular complexity index is 1200. The van der Waals surface area contributed by atoms with Gasteiger partial charge in [0.1, 0.15) is 17.0 Å². The van der Waals surface area contributed by atoms with Crippen LogP contribution in [0.4, 0.5) is 5.82 Å². The van der Waals surface area contributed by atoms with Gasteiger partial charge in [-0.25, -0.2) is 9.97 Å². The summed E-state index contributed by atoms with van der Waals surface area (Å²) >= 11 is 1.69. The highest BCUT2D eigenvalue weighted by Crippen LogP contribution is 2.38. The standard InChI is InChI=1S/C25H26N4O2S/c1-30-21-9-8-18(14-22(21)31-2)15-28-10-12-29(13-11-28)24-23-20(19-6-4-3-5-7-19)16-32-25(23)27-17-26-24/h3-9,14,16-17H,10-13,15H2,1-2H3. The van der Waals surface area contributed by atoms with Crippen LogP contribution >= 0.6 is 11.3 Å². The molecular weight excluding hydrogens is 420 g/mol. The summed E-state index contributed by atoms with van der Waals surface area (Å²) in [5, 5.41) is 3.36. The van der Waals surface area contributed by atoms with Gasteiger partial charge in [0.2, 0.25) is 0 Å². The summed E-state index contributed by atoms with van der Waals surface area (Å²) in [6.45, 7) is 4.71. The van der Waals surface area contributed by atoms with Gasteiger partial charge in [0, 0.05) is 43.7 Å². The zero-order valence-electron chi connectivity index (χ0n) is 18.3. The molecule has 0 amide bonds. The third-order valence-electron chi connectivity index (χ3n) is 5.96. The number of hydrogen-bond donors (Lipinski definition) is 0. The predicted octanol–water partition coefficient (Wildman–Crippen LogP) is 4.70. The summed E-state index contributed by atoms with van der Waals surface area (Å²) in [4.78, 5) is 15.2. The van der Waals surface area contributed by atoms with Gasteiger partial charge >= 0.3 is 0 Å². The van der Waals surface area contributed by atoms with Crippen molar-refractivity contribution in [2.24, 2.45) is 0 Å². The second-order valence-electron chi connectivity index (χ2n) is 7.85. The fourth-order valence-corrected chi connectivity index (χ4v) is 5.19. The third-order valence-corrected chi connectivity index (χ3v) is 6.85. The Morgan fingerprint density at radius 3 is 2.44 bits per heavy atom. The summed E-state index contributed by atoms with van der Waals surface area (Å²) in [6.07, 6.45) is 1.69. The second kappa shape index (κ2) is 9.14. The molecule has 2 aromatic carbocycles. The lowest BCUT2D eigenvalue weighted by molar-refractivity contribution is 0.249. The van der Waals surface area contributed by atoms with E-state index in [4.69, 9.17) is 14.5 Å². The van der Waals surface area contributed by atoms with E-state index in [0.29, 0.717) is 0 Å². The van der Waals surface area contributed by atoms with Crippen molar-refractivity contribution < 1.29 is 9.47 Å². The fraction of sp³-hybridized carbons (Fsp3) is 0.280. The van der Waals surface area contributed by atoms with Crippen molar-refractivity contribution in [1.29, 1.82) is 0 Å². The summed E-state index contributed by atoms with van der Waals surface area (Å²) in [5.41, 5.74) is 3.65. The Morgan fingerprint density at radius 1 is 0.906 bits per heavy atom. The van der Waals surface area contributed by atoms with Gasteiger partial charge < -0.3 is 14.4 Å². The van der Waals surface area contributed by atoms with E-state index in [0.717, 1.165) is 60.3 Å². The number of fused-ring (bicyclic) bond motifs is 1. The molecule has 4 aromatic rings. The van der Waals surface area contributed by atoms with Gasteiger partial charge in [0.25, 0.3) is 0 Å². The molecule has 2 aromatic heterocycles. The molecule has 164 valence electrons. The predicted molar refractivity (Wildman–Crippen MR) is 130 cm³/mol. The zero-order chi connectivity index (χ0) is 21.9. The average Bonchev–Trinajstić information content (AvgIpc) is 3.29. The average molecular weight is 447 g/mol. The molecular formula is C25H26N4O2S. The summed E-state index contributed by atoms with van der Waals surface area (Å²) in [5.74, 6) is 2.58. The van der Waals surface area contributed by atoms with Crippen LogP contribution in [0.3, 0.4) is 0 Å².